The van der Waals surface area contributed by atoms with Gasteiger partial charge in [0.15, 0.2) is 0 Å². The molecule has 0 aromatic heterocycles. The minimum atomic E-state index is -3.70. The summed E-state index contributed by atoms with van der Waals surface area (Å²) < 4.78 is 22.5. The summed E-state index contributed by atoms with van der Waals surface area (Å²) in [6.45, 7) is 2.39. The Morgan fingerprint density at radius 3 is 2.25 bits per heavy atom. The molecule has 0 bridgehead atoms. The van der Waals surface area contributed by atoms with E-state index in [0.29, 0.717) is 6.54 Å². The molecule has 0 spiro atoms. The van der Waals surface area contributed by atoms with Gasteiger partial charge in [0.25, 0.3) is 0 Å². The summed E-state index contributed by atoms with van der Waals surface area (Å²) in [6.07, 6.45) is 1.69. The third-order valence-electron chi connectivity index (χ3n) is 3.81. The first-order chi connectivity index (χ1) is 11.4. The third kappa shape index (κ3) is 4.91. The van der Waals surface area contributed by atoms with Crippen molar-refractivity contribution < 1.29 is 13.2 Å². The van der Waals surface area contributed by atoms with Gasteiger partial charge in [-0.2, -0.15) is 0 Å². The van der Waals surface area contributed by atoms with Crippen molar-refractivity contribution >= 4 is 15.9 Å². The average molecular weight is 346 g/mol. The van der Waals surface area contributed by atoms with E-state index in [9.17, 15) is 13.2 Å². The number of rotatable bonds is 7. The first-order valence-corrected chi connectivity index (χ1v) is 9.41. The fourth-order valence-corrected chi connectivity index (χ4v) is 3.05. The van der Waals surface area contributed by atoms with Crippen LogP contribution >= 0.6 is 0 Å². The number of nitrogens with one attached hydrogen (secondary N) is 1. The molecule has 0 unspecified atom stereocenters. The maximum Gasteiger partial charge on any atom is 0.238 e. The van der Waals surface area contributed by atoms with Crippen molar-refractivity contribution in [3.8, 4) is 0 Å². The molecule has 0 aliphatic heterocycles. The van der Waals surface area contributed by atoms with E-state index in [4.69, 9.17) is 5.14 Å². The normalized spacial score (nSPS) is 12.6. The van der Waals surface area contributed by atoms with Crippen molar-refractivity contribution in [3.63, 3.8) is 0 Å². The molecule has 1 atom stereocenters. The van der Waals surface area contributed by atoms with Crippen molar-refractivity contribution in [1.29, 1.82) is 0 Å². The predicted molar refractivity (Wildman–Crippen MR) is 93.8 cm³/mol. The number of carbonyl (C=O) groups is 1. The number of carbonyl (C=O) groups excluding carboxylic acids is 1. The Morgan fingerprint density at radius 2 is 1.71 bits per heavy atom. The summed E-state index contributed by atoms with van der Waals surface area (Å²) in [5.41, 5.74) is 1.82. The van der Waals surface area contributed by atoms with E-state index < -0.39 is 10.0 Å². The van der Waals surface area contributed by atoms with Crippen LogP contribution in [-0.2, 0) is 21.4 Å². The van der Waals surface area contributed by atoms with Gasteiger partial charge in [0.2, 0.25) is 15.9 Å². The molecule has 0 saturated heterocycles. The van der Waals surface area contributed by atoms with Crippen LogP contribution in [0.4, 0.5) is 0 Å². The lowest BCUT2D eigenvalue weighted by atomic mass is 9.93. The first-order valence-electron chi connectivity index (χ1n) is 7.86. The lowest BCUT2D eigenvalue weighted by Crippen LogP contribution is -2.29. The monoisotopic (exact) mass is 346 g/mol. The minimum Gasteiger partial charge on any atom is -0.351 e. The smallest absolute Gasteiger partial charge is 0.238 e. The number of sulfonamides is 1. The Labute approximate surface area is 142 Å². The largest absolute Gasteiger partial charge is 0.351 e. The summed E-state index contributed by atoms with van der Waals surface area (Å²) in [4.78, 5) is 12.6. The Kier molecular flexibility index (Phi) is 6.11. The van der Waals surface area contributed by atoms with Gasteiger partial charge < -0.3 is 5.32 Å². The van der Waals surface area contributed by atoms with Crippen LogP contribution in [0.15, 0.2) is 59.5 Å². The van der Waals surface area contributed by atoms with Crippen molar-refractivity contribution in [2.24, 2.45) is 5.14 Å². The summed E-state index contributed by atoms with van der Waals surface area (Å²) in [6, 6.07) is 15.9. The SMILES string of the molecule is CCC[C@H](C(=O)NCc1ccc(S(N)(=O)=O)cc1)c1ccccc1. The van der Waals surface area contributed by atoms with Gasteiger partial charge in [0, 0.05) is 6.54 Å². The molecule has 2 aromatic rings. The summed E-state index contributed by atoms with van der Waals surface area (Å²) in [7, 11) is -3.70. The van der Waals surface area contributed by atoms with E-state index in [1.807, 2.05) is 30.3 Å². The molecular formula is C18H22N2O3S. The van der Waals surface area contributed by atoms with E-state index in [1.54, 1.807) is 12.1 Å². The highest BCUT2D eigenvalue weighted by Gasteiger charge is 2.19. The highest BCUT2D eigenvalue weighted by atomic mass is 32.2. The second-order valence-corrected chi connectivity index (χ2v) is 7.22. The molecule has 5 nitrogen and oxygen atoms in total. The van der Waals surface area contributed by atoms with Crippen LogP contribution in [0.5, 0.6) is 0 Å². The molecular weight excluding hydrogens is 324 g/mol. The van der Waals surface area contributed by atoms with Crippen molar-refractivity contribution in [3.05, 3.63) is 65.7 Å². The molecule has 24 heavy (non-hydrogen) atoms. The fourth-order valence-electron chi connectivity index (χ4n) is 2.53. The van der Waals surface area contributed by atoms with Crippen LogP contribution in [0.2, 0.25) is 0 Å². The van der Waals surface area contributed by atoms with Crippen molar-refractivity contribution in [1.82, 2.24) is 5.32 Å². The Hall–Kier alpha value is -2.18. The van der Waals surface area contributed by atoms with Gasteiger partial charge in [-0.05, 0) is 29.7 Å². The highest BCUT2D eigenvalue weighted by Crippen LogP contribution is 2.21. The fraction of sp³-hybridized carbons (Fsp3) is 0.278. The van der Waals surface area contributed by atoms with Gasteiger partial charge in [-0.25, -0.2) is 13.6 Å². The van der Waals surface area contributed by atoms with Gasteiger partial charge in [0.1, 0.15) is 0 Å². The molecule has 0 radical (unpaired) electrons. The van der Waals surface area contributed by atoms with Crippen LogP contribution in [0, 0.1) is 0 Å². The van der Waals surface area contributed by atoms with E-state index in [2.05, 4.69) is 12.2 Å². The minimum absolute atomic E-state index is 0.0291. The van der Waals surface area contributed by atoms with Gasteiger partial charge in [0.05, 0.1) is 10.8 Å². The first kappa shape index (κ1) is 18.2. The summed E-state index contributed by atoms with van der Waals surface area (Å²) >= 11 is 0. The summed E-state index contributed by atoms with van der Waals surface area (Å²) in [5.74, 6) is -0.210. The summed E-state index contributed by atoms with van der Waals surface area (Å²) in [5, 5.41) is 7.99. The van der Waals surface area contributed by atoms with Gasteiger partial charge in [-0.15, -0.1) is 0 Å². The van der Waals surface area contributed by atoms with E-state index in [1.165, 1.54) is 12.1 Å². The maximum absolute atomic E-state index is 12.5. The molecule has 2 aromatic carbocycles. The molecule has 1 amide bonds. The molecule has 128 valence electrons. The second-order valence-electron chi connectivity index (χ2n) is 5.66. The standard InChI is InChI=1S/C18H22N2O3S/c1-2-6-17(15-7-4-3-5-8-15)18(21)20-13-14-9-11-16(12-10-14)24(19,22)23/h3-5,7-12,17H,2,6,13H2,1H3,(H,20,21)(H2,19,22,23)/t17-/m0/s1. The number of amides is 1. The highest BCUT2D eigenvalue weighted by molar-refractivity contribution is 7.89. The van der Waals surface area contributed by atoms with Crippen molar-refractivity contribution in [2.45, 2.75) is 37.1 Å². The Morgan fingerprint density at radius 1 is 1.08 bits per heavy atom. The van der Waals surface area contributed by atoms with Gasteiger partial charge in [-0.3, -0.25) is 4.79 Å². The molecule has 0 saturated carbocycles. The second kappa shape index (κ2) is 8.08. The lowest BCUT2D eigenvalue weighted by molar-refractivity contribution is -0.122. The van der Waals surface area contributed by atoms with Crippen molar-refractivity contribution in [2.75, 3.05) is 0 Å². The molecule has 6 heteroatoms. The number of benzene rings is 2. The quantitative estimate of drug-likeness (QED) is 0.807. The topological polar surface area (TPSA) is 89.3 Å². The Bertz CT molecular complexity index is 772. The number of nitrogens with two attached hydrogens (primary N) is 1. The molecule has 0 heterocycles. The third-order valence-corrected chi connectivity index (χ3v) is 4.74. The van der Waals surface area contributed by atoms with Gasteiger partial charge in [-0.1, -0.05) is 55.8 Å². The predicted octanol–water partition coefficient (Wildman–Crippen LogP) is 2.53. The van der Waals surface area contributed by atoms with E-state index in [0.717, 1.165) is 24.0 Å². The maximum atomic E-state index is 12.5. The van der Waals surface area contributed by atoms with Crippen LogP contribution in [0.1, 0.15) is 36.8 Å². The van der Waals surface area contributed by atoms with E-state index >= 15 is 0 Å². The van der Waals surface area contributed by atoms with Crippen LogP contribution in [0.25, 0.3) is 0 Å². The molecule has 0 fully saturated rings. The molecule has 0 aliphatic carbocycles. The zero-order chi connectivity index (χ0) is 17.6. The zero-order valence-corrected chi connectivity index (χ0v) is 14.4. The lowest BCUT2D eigenvalue weighted by Gasteiger charge is -2.16. The number of hydrogen-bond donors (Lipinski definition) is 2. The molecule has 0 aliphatic rings. The van der Waals surface area contributed by atoms with Crippen LogP contribution < -0.4 is 10.5 Å². The average Bonchev–Trinajstić information content (AvgIpc) is 2.58. The van der Waals surface area contributed by atoms with Gasteiger partial charge >= 0.3 is 0 Å². The van der Waals surface area contributed by atoms with Crippen LogP contribution in [-0.4, -0.2) is 14.3 Å². The molecule has 3 N–H and O–H groups in total. The van der Waals surface area contributed by atoms with E-state index in [-0.39, 0.29) is 16.7 Å². The molecule has 2 rings (SSSR count). The van der Waals surface area contributed by atoms with Crippen LogP contribution in [0.3, 0.4) is 0 Å². The Balaban J connectivity index is 2.03. The number of primary sulfonamides is 1. The zero-order valence-electron chi connectivity index (χ0n) is 13.6. The number of hydrogen-bond acceptors (Lipinski definition) is 3.